The SMILES string of the molecule is C=CC(=O)Nc1cc2c(Nc3ccc(OCc4ccccn4)c(Cl)c3)ncnc2cc1C#C[C@]1(C)CCN(C)C1. The van der Waals surface area contributed by atoms with E-state index in [1.165, 1.54) is 12.4 Å². The number of halogens is 1. The Kier molecular flexibility index (Phi) is 7.96. The van der Waals surface area contributed by atoms with Crippen LogP contribution in [0.4, 0.5) is 17.2 Å². The van der Waals surface area contributed by atoms with Gasteiger partial charge in [-0.25, -0.2) is 9.97 Å². The standard InChI is InChI=1S/C31H29ClN6O2/c1-4-29(39)37-26-17-24-27(15-21(26)10-11-31(2)12-14-38(3)19-31)34-20-35-30(24)36-22-8-9-28(25(32)16-22)40-18-23-7-5-6-13-33-23/h4-9,13,15-17,20H,1,12,14,18-19H2,2-3H3,(H,37,39)(H,34,35,36)/t31-/m1/s1. The highest BCUT2D eigenvalue weighted by molar-refractivity contribution is 6.32. The Morgan fingerprint density at radius 3 is 2.83 bits per heavy atom. The largest absolute Gasteiger partial charge is 0.486 e. The van der Waals surface area contributed by atoms with Crippen LogP contribution in [0.25, 0.3) is 10.9 Å². The molecule has 1 atom stereocenters. The van der Waals surface area contributed by atoms with Crippen LogP contribution in [0.5, 0.6) is 5.75 Å². The van der Waals surface area contributed by atoms with Crippen LogP contribution in [0.3, 0.4) is 0 Å². The number of carbonyl (C=O) groups is 1. The second kappa shape index (κ2) is 11.7. The van der Waals surface area contributed by atoms with Gasteiger partial charge in [0.25, 0.3) is 0 Å². The molecule has 4 aromatic rings. The van der Waals surface area contributed by atoms with E-state index in [0.717, 1.165) is 25.2 Å². The van der Waals surface area contributed by atoms with Crippen LogP contribution in [0, 0.1) is 17.3 Å². The van der Waals surface area contributed by atoms with Crippen molar-refractivity contribution in [2.45, 2.75) is 20.0 Å². The van der Waals surface area contributed by atoms with Gasteiger partial charge in [0.05, 0.1) is 27.5 Å². The van der Waals surface area contributed by atoms with E-state index in [1.54, 1.807) is 18.3 Å². The highest BCUT2D eigenvalue weighted by atomic mass is 35.5. The Balaban J connectivity index is 1.43. The van der Waals surface area contributed by atoms with Crippen LogP contribution < -0.4 is 15.4 Å². The molecule has 9 heteroatoms. The lowest BCUT2D eigenvalue weighted by atomic mass is 9.90. The second-order valence-electron chi connectivity index (χ2n) is 10.0. The Bertz CT molecular complexity index is 1630. The summed E-state index contributed by atoms with van der Waals surface area (Å²) in [5, 5.41) is 7.36. The predicted molar refractivity (Wildman–Crippen MR) is 159 cm³/mol. The Hall–Kier alpha value is -4.45. The van der Waals surface area contributed by atoms with Crippen molar-refractivity contribution >= 4 is 45.6 Å². The third kappa shape index (κ3) is 6.40. The molecule has 0 saturated carbocycles. The minimum Gasteiger partial charge on any atom is -0.486 e. The van der Waals surface area contributed by atoms with Gasteiger partial charge < -0.3 is 20.3 Å². The monoisotopic (exact) mass is 552 g/mol. The maximum atomic E-state index is 12.3. The molecule has 1 aliphatic heterocycles. The minimum absolute atomic E-state index is 0.117. The van der Waals surface area contributed by atoms with Crippen molar-refractivity contribution in [1.29, 1.82) is 0 Å². The van der Waals surface area contributed by atoms with Crippen molar-refractivity contribution in [3.8, 4) is 17.6 Å². The molecule has 1 fully saturated rings. The summed E-state index contributed by atoms with van der Waals surface area (Å²) in [5.74, 6) is 7.51. The van der Waals surface area contributed by atoms with Crippen LogP contribution in [-0.4, -0.2) is 45.9 Å². The van der Waals surface area contributed by atoms with Crippen molar-refractivity contribution in [3.05, 3.63) is 90.0 Å². The number of fused-ring (bicyclic) bond motifs is 1. The number of nitrogens with one attached hydrogen (secondary N) is 2. The molecule has 2 N–H and O–H groups in total. The molecule has 2 aromatic carbocycles. The van der Waals surface area contributed by atoms with Gasteiger partial charge in [0, 0.05) is 29.2 Å². The van der Waals surface area contributed by atoms with E-state index >= 15 is 0 Å². The first kappa shape index (κ1) is 27.1. The molecule has 1 aliphatic rings. The molecule has 2 aromatic heterocycles. The van der Waals surface area contributed by atoms with Crippen molar-refractivity contribution in [2.75, 3.05) is 30.8 Å². The van der Waals surface area contributed by atoms with Crippen LogP contribution >= 0.6 is 11.6 Å². The molecule has 3 heterocycles. The Labute approximate surface area is 238 Å². The highest BCUT2D eigenvalue weighted by Crippen LogP contribution is 2.33. The summed E-state index contributed by atoms with van der Waals surface area (Å²) in [7, 11) is 2.10. The van der Waals surface area contributed by atoms with Gasteiger partial charge in [-0.05, 0) is 75.5 Å². The van der Waals surface area contributed by atoms with Crippen molar-refractivity contribution in [2.24, 2.45) is 5.41 Å². The van der Waals surface area contributed by atoms with E-state index < -0.39 is 0 Å². The summed E-state index contributed by atoms with van der Waals surface area (Å²) < 4.78 is 5.84. The van der Waals surface area contributed by atoms with Crippen molar-refractivity contribution in [1.82, 2.24) is 19.9 Å². The lowest BCUT2D eigenvalue weighted by Gasteiger charge is -2.16. The summed E-state index contributed by atoms with van der Waals surface area (Å²) in [6.07, 6.45) is 5.43. The third-order valence-electron chi connectivity index (χ3n) is 6.68. The summed E-state index contributed by atoms with van der Waals surface area (Å²) in [6, 6.07) is 14.8. The smallest absolute Gasteiger partial charge is 0.247 e. The zero-order valence-corrected chi connectivity index (χ0v) is 23.1. The molecule has 1 amide bonds. The number of aromatic nitrogens is 3. The zero-order chi connectivity index (χ0) is 28.1. The predicted octanol–water partition coefficient (Wildman–Crippen LogP) is 5.82. The zero-order valence-electron chi connectivity index (χ0n) is 22.4. The van der Waals surface area contributed by atoms with E-state index in [1.807, 2.05) is 36.4 Å². The van der Waals surface area contributed by atoms with Gasteiger partial charge in [-0.1, -0.05) is 36.1 Å². The van der Waals surface area contributed by atoms with Crippen LogP contribution in [-0.2, 0) is 11.4 Å². The van der Waals surface area contributed by atoms with E-state index in [4.69, 9.17) is 16.3 Å². The molecule has 0 bridgehead atoms. The van der Waals surface area contributed by atoms with Gasteiger partial charge in [-0.2, -0.15) is 0 Å². The minimum atomic E-state index is -0.325. The molecule has 202 valence electrons. The van der Waals surface area contributed by atoms with Gasteiger partial charge in [0.2, 0.25) is 5.91 Å². The lowest BCUT2D eigenvalue weighted by molar-refractivity contribution is -0.111. The fraction of sp³-hybridized carbons (Fsp3) is 0.226. The number of likely N-dealkylation sites (tertiary alicyclic amines) is 1. The summed E-state index contributed by atoms with van der Waals surface area (Å²) in [4.78, 5) is 27.7. The molecule has 0 radical (unpaired) electrons. The number of anilines is 3. The normalized spacial score (nSPS) is 16.7. The molecule has 40 heavy (non-hydrogen) atoms. The number of hydrogen-bond donors (Lipinski definition) is 2. The average molecular weight is 553 g/mol. The van der Waals surface area contributed by atoms with Crippen molar-refractivity contribution in [3.63, 3.8) is 0 Å². The number of ether oxygens (including phenoxy) is 1. The Morgan fingerprint density at radius 2 is 2.10 bits per heavy atom. The van der Waals surface area contributed by atoms with Gasteiger partial charge in [0.1, 0.15) is 24.5 Å². The number of amides is 1. The van der Waals surface area contributed by atoms with E-state index in [2.05, 4.69) is 62.9 Å². The second-order valence-corrected chi connectivity index (χ2v) is 10.4. The maximum Gasteiger partial charge on any atom is 0.247 e. The first-order valence-electron chi connectivity index (χ1n) is 12.8. The quantitative estimate of drug-likeness (QED) is 0.220. The molecule has 1 saturated heterocycles. The Morgan fingerprint density at radius 1 is 1.23 bits per heavy atom. The van der Waals surface area contributed by atoms with E-state index in [-0.39, 0.29) is 11.3 Å². The molecule has 0 aliphatic carbocycles. The van der Waals surface area contributed by atoms with Crippen LogP contribution in [0.1, 0.15) is 24.6 Å². The fourth-order valence-electron chi connectivity index (χ4n) is 4.57. The summed E-state index contributed by atoms with van der Waals surface area (Å²) in [5.41, 5.74) is 3.34. The van der Waals surface area contributed by atoms with E-state index in [0.29, 0.717) is 51.0 Å². The highest BCUT2D eigenvalue weighted by Gasteiger charge is 2.30. The molecular weight excluding hydrogens is 524 g/mol. The number of pyridine rings is 1. The molecule has 5 rings (SSSR count). The van der Waals surface area contributed by atoms with Crippen LogP contribution in [0.15, 0.2) is 73.7 Å². The maximum absolute atomic E-state index is 12.3. The summed E-state index contributed by atoms with van der Waals surface area (Å²) >= 11 is 6.51. The number of benzene rings is 2. The average Bonchev–Trinajstić information content (AvgIpc) is 3.30. The van der Waals surface area contributed by atoms with Gasteiger partial charge in [0.15, 0.2) is 0 Å². The van der Waals surface area contributed by atoms with Crippen LogP contribution in [0.2, 0.25) is 5.02 Å². The third-order valence-corrected chi connectivity index (χ3v) is 6.97. The number of carbonyl (C=O) groups excluding carboxylic acids is 1. The fourth-order valence-corrected chi connectivity index (χ4v) is 4.81. The van der Waals surface area contributed by atoms with Crippen molar-refractivity contribution < 1.29 is 9.53 Å². The molecule has 8 nitrogen and oxygen atoms in total. The summed E-state index contributed by atoms with van der Waals surface area (Å²) in [6.45, 7) is 7.96. The number of hydrogen-bond acceptors (Lipinski definition) is 7. The molecule has 0 unspecified atom stereocenters. The van der Waals surface area contributed by atoms with Gasteiger partial charge >= 0.3 is 0 Å². The first-order valence-corrected chi connectivity index (χ1v) is 13.2. The molecule has 0 spiro atoms. The van der Waals surface area contributed by atoms with Gasteiger partial charge in [-0.3, -0.25) is 9.78 Å². The number of nitrogens with zero attached hydrogens (tertiary/aromatic N) is 4. The first-order chi connectivity index (χ1) is 19.3. The molecular formula is C31H29ClN6O2. The van der Waals surface area contributed by atoms with Gasteiger partial charge in [-0.15, -0.1) is 0 Å². The number of rotatable bonds is 7. The topological polar surface area (TPSA) is 92.3 Å². The lowest BCUT2D eigenvalue weighted by Crippen LogP contribution is -2.20. The van der Waals surface area contributed by atoms with E-state index in [9.17, 15) is 4.79 Å².